The first-order chi connectivity index (χ1) is 5.11. The summed E-state index contributed by atoms with van der Waals surface area (Å²) in [6.45, 7) is 8.22. The van der Waals surface area contributed by atoms with Crippen LogP contribution in [0.25, 0.3) is 0 Å². The Morgan fingerprint density at radius 1 is 1.45 bits per heavy atom. The Kier molecular flexibility index (Phi) is 5.12. The molecule has 0 N–H and O–H groups in total. The van der Waals surface area contributed by atoms with E-state index in [1.54, 1.807) is 0 Å². The van der Waals surface area contributed by atoms with Gasteiger partial charge in [-0.3, -0.25) is 4.99 Å². The lowest BCUT2D eigenvalue weighted by atomic mass is 10.2. The summed E-state index contributed by atoms with van der Waals surface area (Å²) in [4.78, 5) is 4.10. The van der Waals surface area contributed by atoms with Crippen LogP contribution < -0.4 is 0 Å². The second-order valence-electron chi connectivity index (χ2n) is 2.95. The Labute approximate surface area is 69.7 Å². The Morgan fingerprint density at radius 3 is 2.27 bits per heavy atom. The van der Waals surface area contributed by atoms with Crippen LogP contribution in [0.1, 0.15) is 34.1 Å². The highest BCUT2D eigenvalue weighted by atomic mass is 16.5. The van der Waals surface area contributed by atoms with Crippen LogP contribution in [-0.2, 0) is 4.74 Å². The van der Waals surface area contributed by atoms with Crippen LogP contribution in [0.4, 0.5) is 0 Å². The third-order valence-corrected chi connectivity index (χ3v) is 1.63. The van der Waals surface area contributed by atoms with E-state index >= 15 is 0 Å². The summed E-state index contributed by atoms with van der Waals surface area (Å²) < 4.78 is 5.62. The number of nitrogens with zero attached hydrogens (tertiary/aromatic N) is 1. The number of rotatable bonds is 4. The van der Waals surface area contributed by atoms with Crippen molar-refractivity contribution in [3.05, 3.63) is 0 Å². The Morgan fingerprint density at radius 2 is 2.00 bits per heavy atom. The standard InChI is InChI=1S/C9H19NO/c1-6-9(8(4)10-5)11-7(2)3/h7,9H,6H2,1-5H3/b10-8-. The number of ether oxygens (including phenoxy) is 1. The number of hydrogen-bond acceptors (Lipinski definition) is 2. The quantitative estimate of drug-likeness (QED) is 0.574. The van der Waals surface area contributed by atoms with E-state index in [1.165, 1.54) is 0 Å². The van der Waals surface area contributed by atoms with Gasteiger partial charge in [-0.1, -0.05) is 6.92 Å². The van der Waals surface area contributed by atoms with Crippen molar-refractivity contribution in [2.45, 2.75) is 46.3 Å². The monoisotopic (exact) mass is 157 g/mol. The summed E-state index contributed by atoms with van der Waals surface area (Å²) in [5.41, 5.74) is 1.08. The lowest BCUT2D eigenvalue weighted by Gasteiger charge is -2.18. The van der Waals surface area contributed by atoms with Gasteiger partial charge >= 0.3 is 0 Å². The average Bonchev–Trinajstić information content (AvgIpc) is 1.98. The zero-order chi connectivity index (χ0) is 8.85. The normalized spacial score (nSPS) is 15.6. The van der Waals surface area contributed by atoms with Crippen LogP contribution in [0.5, 0.6) is 0 Å². The summed E-state index contributed by atoms with van der Waals surface area (Å²) in [7, 11) is 1.81. The summed E-state index contributed by atoms with van der Waals surface area (Å²) in [6.07, 6.45) is 1.50. The lowest BCUT2D eigenvalue weighted by molar-refractivity contribution is 0.0444. The molecule has 0 aliphatic carbocycles. The number of hydrogen-bond donors (Lipinski definition) is 0. The fraction of sp³-hybridized carbons (Fsp3) is 0.889. The van der Waals surface area contributed by atoms with Crippen molar-refractivity contribution in [3.8, 4) is 0 Å². The van der Waals surface area contributed by atoms with Gasteiger partial charge in [-0.25, -0.2) is 0 Å². The minimum Gasteiger partial charge on any atom is -0.370 e. The molecule has 2 nitrogen and oxygen atoms in total. The summed E-state index contributed by atoms with van der Waals surface area (Å²) in [5.74, 6) is 0. The Bertz CT molecular complexity index is 130. The van der Waals surface area contributed by atoms with Crippen molar-refractivity contribution in [2.24, 2.45) is 4.99 Å². The van der Waals surface area contributed by atoms with E-state index in [0.29, 0.717) is 0 Å². The van der Waals surface area contributed by atoms with E-state index in [4.69, 9.17) is 4.74 Å². The van der Waals surface area contributed by atoms with E-state index in [0.717, 1.165) is 12.1 Å². The first-order valence-corrected chi connectivity index (χ1v) is 4.20. The highest BCUT2D eigenvalue weighted by Crippen LogP contribution is 2.04. The van der Waals surface area contributed by atoms with Crippen molar-refractivity contribution in [2.75, 3.05) is 7.05 Å². The van der Waals surface area contributed by atoms with Crippen molar-refractivity contribution < 1.29 is 4.74 Å². The molecule has 0 heterocycles. The molecule has 1 atom stereocenters. The van der Waals surface area contributed by atoms with Crippen LogP contribution in [0.15, 0.2) is 4.99 Å². The van der Waals surface area contributed by atoms with Crippen molar-refractivity contribution >= 4 is 5.71 Å². The predicted octanol–water partition coefficient (Wildman–Crippen LogP) is 2.28. The molecule has 0 amide bonds. The molecule has 0 saturated heterocycles. The first-order valence-electron chi connectivity index (χ1n) is 4.20. The predicted molar refractivity (Wildman–Crippen MR) is 49.3 cm³/mol. The zero-order valence-electron chi connectivity index (χ0n) is 8.22. The maximum absolute atomic E-state index is 5.62. The van der Waals surface area contributed by atoms with E-state index in [2.05, 4.69) is 11.9 Å². The molecule has 0 aliphatic heterocycles. The summed E-state index contributed by atoms with van der Waals surface area (Å²) in [5, 5.41) is 0. The van der Waals surface area contributed by atoms with Crippen molar-refractivity contribution in [3.63, 3.8) is 0 Å². The molecule has 66 valence electrons. The summed E-state index contributed by atoms with van der Waals surface area (Å²) in [6, 6.07) is 0. The van der Waals surface area contributed by atoms with E-state index in [-0.39, 0.29) is 12.2 Å². The molecule has 0 fully saturated rings. The van der Waals surface area contributed by atoms with Gasteiger partial charge in [0.1, 0.15) is 0 Å². The molecule has 0 aromatic rings. The van der Waals surface area contributed by atoms with Gasteiger partial charge in [0.05, 0.1) is 12.2 Å². The maximum Gasteiger partial charge on any atom is 0.0949 e. The zero-order valence-corrected chi connectivity index (χ0v) is 8.22. The Balaban J connectivity index is 3.95. The third kappa shape index (κ3) is 4.14. The molecule has 11 heavy (non-hydrogen) atoms. The van der Waals surface area contributed by atoms with E-state index in [1.807, 2.05) is 27.8 Å². The van der Waals surface area contributed by atoms with Crippen LogP contribution in [0.3, 0.4) is 0 Å². The van der Waals surface area contributed by atoms with Gasteiger partial charge in [0.25, 0.3) is 0 Å². The SMILES string of the molecule is CCC(OC(C)C)/C(C)=N\C. The fourth-order valence-electron chi connectivity index (χ4n) is 0.963. The highest BCUT2D eigenvalue weighted by Gasteiger charge is 2.10. The van der Waals surface area contributed by atoms with Gasteiger partial charge in [-0.2, -0.15) is 0 Å². The lowest BCUT2D eigenvalue weighted by Crippen LogP contribution is -2.24. The molecule has 1 unspecified atom stereocenters. The van der Waals surface area contributed by atoms with Gasteiger partial charge in [-0.15, -0.1) is 0 Å². The molecule has 0 rings (SSSR count). The van der Waals surface area contributed by atoms with Crippen LogP contribution in [0, 0.1) is 0 Å². The first kappa shape index (κ1) is 10.6. The third-order valence-electron chi connectivity index (χ3n) is 1.63. The van der Waals surface area contributed by atoms with Gasteiger partial charge in [-0.05, 0) is 27.2 Å². The second-order valence-corrected chi connectivity index (χ2v) is 2.95. The molecule has 0 saturated carbocycles. The van der Waals surface area contributed by atoms with Crippen molar-refractivity contribution in [1.82, 2.24) is 0 Å². The van der Waals surface area contributed by atoms with Gasteiger partial charge in [0.15, 0.2) is 0 Å². The second kappa shape index (κ2) is 5.30. The van der Waals surface area contributed by atoms with Gasteiger partial charge in [0, 0.05) is 12.8 Å². The van der Waals surface area contributed by atoms with E-state index in [9.17, 15) is 0 Å². The molecule has 0 spiro atoms. The van der Waals surface area contributed by atoms with E-state index < -0.39 is 0 Å². The minimum atomic E-state index is 0.208. The molecule has 0 aromatic carbocycles. The fourth-order valence-corrected chi connectivity index (χ4v) is 0.963. The molecule has 0 aromatic heterocycles. The topological polar surface area (TPSA) is 21.6 Å². The molecule has 0 bridgehead atoms. The van der Waals surface area contributed by atoms with Crippen LogP contribution >= 0.6 is 0 Å². The van der Waals surface area contributed by atoms with Gasteiger partial charge < -0.3 is 4.74 Å². The van der Waals surface area contributed by atoms with Crippen LogP contribution in [0.2, 0.25) is 0 Å². The molecule has 2 heteroatoms. The number of aliphatic imine (C=N–C) groups is 1. The summed E-state index contributed by atoms with van der Waals surface area (Å²) >= 11 is 0. The van der Waals surface area contributed by atoms with Crippen molar-refractivity contribution in [1.29, 1.82) is 0 Å². The molecule has 0 aliphatic rings. The highest BCUT2D eigenvalue weighted by molar-refractivity contribution is 5.86. The maximum atomic E-state index is 5.62. The smallest absolute Gasteiger partial charge is 0.0949 e. The molecule has 0 radical (unpaired) electrons. The Hall–Kier alpha value is -0.370. The average molecular weight is 157 g/mol. The van der Waals surface area contributed by atoms with Crippen LogP contribution in [-0.4, -0.2) is 25.0 Å². The molecular formula is C9H19NO. The minimum absolute atomic E-state index is 0.208. The largest absolute Gasteiger partial charge is 0.370 e. The van der Waals surface area contributed by atoms with Gasteiger partial charge in [0.2, 0.25) is 0 Å². The molecular weight excluding hydrogens is 138 g/mol.